The average molecular weight is 1000 g/mol. The first-order valence-corrected chi connectivity index (χ1v) is 27.1. The summed E-state index contributed by atoms with van der Waals surface area (Å²) in [4.78, 5) is 4.74. The third-order valence-corrected chi connectivity index (χ3v) is 17.4. The molecule has 0 atom stereocenters. The highest BCUT2D eigenvalue weighted by molar-refractivity contribution is 6.23. The predicted molar refractivity (Wildman–Crippen MR) is 322 cm³/mol. The average Bonchev–Trinajstić information content (AvgIpc) is 4.05. The number of hydrogen-bond acceptors (Lipinski definition) is 4. The van der Waals surface area contributed by atoms with Gasteiger partial charge in [-0.15, -0.1) is 0 Å². The maximum Gasteiger partial charge on any atom is 0.151 e. The summed E-state index contributed by atoms with van der Waals surface area (Å²) in [5.41, 5.74) is 23.6. The van der Waals surface area contributed by atoms with E-state index >= 15 is 0 Å². The van der Waals surface area contributed by atoms with E-state index in [0.29, 0.717) is 0 Å². The number of rotatable bonds is 5. The van der Waals surface area contributed by atoms with Crippen LogP contribution in [0.4, 0.5) is 34.1 Å². The smallest absolute Gasteiger partial charge is 0.151 e. The second-order valence-electron chi connectivity index (χ2n) is 22.4. The molecule has 0 unspecified atom stereocenters. The van der Waals surface area contributed by atoms with Crippen molar-refractivity contribution in [3.63, 3.8) is 0 Å². The zero-order valence-electron chi connectivity index (χ0n) is 43.8. The van der Waals surface area contributed by atoms with Crippen molar-refractivity contribution >= 4 is 55.7 Å². The van der Waals surface area contributed by atoms with E-state index in [0.717, 1.165) is 68.1 Å². The number of anilines is 6. The van der Waals surface area contributed by atoms with E-state index in [1.165, 1.54) is 88.5 Å². The summed E-state index contributed by atoms with van der Waals surface area (Å²) in [5.74, 6) is 3.30. The Kier molecular flexibility index (Phi) is 9.40. The lowest BCUT2D eigenvalue weighted by atomic mass is 9.80. The highest BCUT2D eigenvalue weighted by atomic mass is 16.5. The summed E-state index contributed by atoms with van der Waals surface area (Å²) in [6.45, 7) is 9.49. The fourth-order valence-electron chi connectivity index (χ4n) is 13.7. The van der Waals surface area contributed by atoms with Gasteiger partial charge in [0.05, 0.1) is 22.7 Å². The molecule has 4 aliphatic rings. The highest BCUT2D eigenvalue weighted by Crippen LogP contribution is 2.57. The second-order valence-corrected chi connectivity index (χ2v) is 22.4. The molecule has 0 N–H and O–H groups in total. The van der Waals surface area contributed by atoms with Gasteiger partial charge in [0.1, 0.15) is 0 Å². The van der Waals surface area contributed by atoms with Crippen molar-refractivity contribution in [1.29, 1.82) is 0 Å². The lowest BCUT2D eigenvalue weighted by molar-refractivity contribution is 0.477. The normalized spacial score (nSPS) is 14.5. The van der Waals surface area contributed by atoms with E-state index < -0.39 is 0 Å². The van der Waals surface area contributed by atoms with Crippen molar-refractivity contribution in [2.45, 2.75) is 38.5 Å². The van der Waals surface area contributed by atoms with Crippen LogP contribution in [0, 0.1) is 0 Å². The molecule has 0 radical (unpaired) electrons. The lowest BCUT2D eigenvalue weighted by Gasteiger charge is -2.33. The van der Waals surface area contributed by atoms with Gasteiger partial charge < -0.3 is 19.3 Å². The maximum atomic E-state index is 6.59. The first-order valence-electron chi connectivity index (χ1n) is 27.1. The molecule has 0 saturated heterocycles. The molecular formula is C74H52N2O2. The van der Waals surface area contributed by atoms with Crippen LogP contribution in [0.2, 0.25) is 0 Å². The molecule has 4 heteroatoms. The molecule has 2 aliphatic carbocycles. The predicted octanol–water partition coefficient (Wildman–Crippen LogP) is 20.8. The van der Waals surface area contributed by atoms with Crippen LogP contribution in [0.15, 0.2) is 243 Å². The minimum atomic E-state index is -0.194. The van der Waals surface area contributed by atoms with Crippen LogP contribution in [-0.4, -0.2) is 0 Å². The highest BCUT2D eigenvalue weighted by Gasteiger charge is 2.37. The van der Waals surface area contributed by atoms with Crippen LogP contribution in [0.3, 0.4) is 0 Å². The van der Waals surface area contributed by atoms with Gasteiger partial charge in [0, 0.05) is 22.2 Å². The van der Waals surface area contributed by atoms with E-state index in [2.05, 4.69) is 280 Å². The van der Waals surface area contributed by atoms with Crippen molar-refractivity contribution < 1.29 is 9.47 Å². The van der Waals surface area contributed by atoms with Crippen LogP contribution < -0.4 is 19.3 Å². The Morgan fingerprint density at radius 1 is 0.269 bits per heavy atom. The quantitative estimate of drug-likeness (QED) is 0.160. The number of para-hydroxylation sites is 8. The molecule has 16 rings (SSSR count). The van der Waals surface area contributed by atoms with E-state index in [1.54, 1.807) is 0 Å². The molecule has 0 saturated carbocycles. The lowest BCUT2D eigenvalue weighted by Crippen LogP contribution is -2.16. The molecule has 0 fully saturated rings. The summed E-state index contributed by atoms with van der Waals surface area (Å²) >= 11 is 0. The summed E-state index contributed by atoms with van der Waals surface area (Å²) < 4.78 is 13.2. The minimum absolute atomic E-state index is 0.121. The fraction of sp³-hybridized carbons (Fsp3) is 0.0811. The first-order chi connectivity index (χ1) is 38.2. The van der Waals surface area contributed by atoms with Crippen LogP contribution in [0.25, 0.3) is 77.2 Å². The largest absolute Gasteiger partial charge is 0.453 e. The van der Waals surface area contributed by atoms with E-state index in [-0.39, 0.29) is 10.8 Å². The molecule has 4 nitrogen and oxygen atoms in total. The van der Waals surface area contributed by atoms with Gasteiger partial charge in [0.15, 0.2) is 23.0 Å². The van der Waals surface area contributed by atoms with Gasteiger partial charge >= 0.3 is 0 Å². The first kappa shape index (κ1) is 44.6. The third kappa shape index (κ3) is 6.41. The Hall–Kier alpha value is -9.64. The van der Waals surface area contributed by atoms with Gasteiger partial charge in [0.2, 0.25) is 0 Å². The Morgan fingerprint density at radius 2 is 0.628 bits per heavy atom. The van der Waals surface area contributed by atoms with Crippen LogP contribution in [0.1, 0.15) is 49.9 Å². The Balaban J connectivity index is 0.990. The van der Waals surface area contributed by atoms with Crippen molar-refractivity contribution in [1.82, 2.24) is 0 Å². The zero-order valence-corrected chi connectivity index (χ0v) is 43.8. The third-order valence-electron chi connectivity index (χ3n) is 17.4. The topological polar surface area (TPSA) is 24.9 Å². The fourth-order valence-corrected chi connectivity index (χ4v) is 13.7. The SMILES string of the molecule is CC1(C)c2ccccc2-c2ccc(-c3cccc(-c4c5ccc(N6c7ccccc7Oc7ccccc76)cc5c(-c5ccc6c(c5)C(C)(C)c5ccccc5-6)c5ccc(N6c7ccccc7Oc7ccccc76)cc45)c3)cc21. The molecule has 0 amide bonds. The monoisotopic (exact) mass is 1000 g/mol. The molecule has 0 aromatic heterocycles. The summed E-state index contributed by atoms with van der Waals surface area (Å²) in [5, 5.41) is 4.67. The molecular weight excluding hydrogens is 949 g/mol. The van der Waals surface area contributed by atoms with Crippen LogP contribution >= 0.6 is 0 Å². The summed E-state index contributed by atoms with van der Waals surface area (Å²) in [6.07, 6.45) is 0. The van der Waals surface area contributed by atoms with E-state index in [1.807, 2.05) is 0 Å². The van der Waals surface area contributed by atoms with Crippen LogP contribution in [0.5, 0.6) is 23.0 Å². The van der Waals surface area contributed by atoms with Crippen molar-refractivity contribution in [3.8, 4) is 78.6 Å². The molecule has 12 aromatic rings. The van der Waals surface area contributed by atoms with Crippen LogP contribution in [-0.2, 0) is 10.8 Å². The maximum absolute atomic E-state index is 6.59. The number of benzene rings is 12. The van der Waals surface area contributed by atoms with Gasteiger partial charge in [0.25, 0.3) is 0 Å². The molecule has 2 aliphatic heterocycles. The number of nitrogens with zero attached hydrogens (tertiary/aromatic N) is 2. The molecule has 370 valence electrons. The van der Waals surface area contributed by atoms with Crippen molar-refractivity contribution in [2.75, 3.05) is 9.80 Å². The Labute approximate surface area is 454 Å². The molecule has 0 spiro atoms. The number of ether oxygens (including phenoxy) is 2. The Morgan fingerprint density at radius 3 is 1.10 bits per heavy atom. The zero-order chi connectivity index (χ0) is 52.0. The van der Waals surface area contributed by atoms with Crippen molar-refractivity contribution in [3.05, 3.63) is 265 Å². The van der Waals surface area contributed by atoms with Gasteiger partial charge in [-0.1, -0.05) is 179 Å². The van der Waals surface area contributed by atoms with Gasteiger partial charge in [-0.3, -0.25) is 0 Å². The summed E-state index contributed by atoms with van der Waals surface area (Å²) in [6, 6.07) is 89.2. The number of fused-ring (bicyclic) bond motifs is 12. The van der Waals surface area contributed by atoms with Gasteiger partial charge in [-0.2, -0.15) is 0 Å². The molecule has 78 heavy (non-hydrogen) atoms. The van der Waals surface area contributed by atoms with Crippen molar-refractivity contribution in [2.24, 2.45) is 0 Å². The molecule has 12 aromatic carbocycles. The molecule has 2 heterocycles. The van der Waals surface area contributed by atoms with E-state index in [4.69, 9.17) is 9.47 Å². The number of hydrogen-bond donors (Lipinski definition) is 0. The van der Waals surface area contributed by atoms with Gasteiger partial charge in [-0.05, 0) is 190 Å². The summed E-state index contributed by atoms with van der Waals surface area (Å²) in [7, 11) is 0. The molecule has 0 bridgehead atoms. The minimum Gasteiger partial charge on any atom is -0.453 e. The van der Waals surface area contributed by atoms with Gasteiger partial charge in [-0.25, -0.2) is 0 Å². The second kappa shape index (κ2) is 16.4. The standard InChI is InChI=1S/C74H52N2O2/c1-73(2)59-22-7-5-20-51(59)53-36-32-46(41-61(53)73)45-18-17-19-47(40-45)71-55-38-34-50(76-65-26-11-15-30-69(65)78-70-31-16-12-27-66(70)76)44-58(55)72(48-33-37-54-52-21-6-8-23-60(52)74(3,4)62(54)42-48)56-39-35-49(43-57(56)71)75-63-24-9-13-28-67(63)77-68-29-14-10-25-64(68)75/h5-44H,1-4H3. The van der Waals surface area contributed by atoms with E-state index in [9.17, 15) is 0 Å². The Bertz CT molecular complexity index is 4450.